The summed E-state index contributed by atoms with van der Waals surface area (Å²) >= 11 is 0. The van der Waals surface area contributed by atoms with E-state index in [1.165, 1.54) is 0 Å². The van der Waals surface area contributed by atoms with Crippen LogP contribution in [0.4, 0.5) is 0 Å². The Balaban J connectivity index is 2.14. The van der Waals surface area contributed by atoms with E-state index in [0.29, 0.717) is 6.54 Å². The summed E-state index contributed by atoms with van der Waals surface area (Å²) in [6.07, 6.45) is 3.49. The van der Waals surface area contributed by atoms with Gasteiger partial charge in [0.15, 0.2) is 0 Å². The average Bonchev–Trinajstić information content (AvgIpc) is 2.58. The number of rotatable bonds is 9. The summed E-state index contributed by atoms with van der Waals surface area (Å²) in [6.45, 7) is 4.09. The Morgan fingerprint density at radius 2 is 1.92 bits per heavy atom. The molecule has 24 heavy (non-hydrogen) atoms. The zero-order valence-corrected chi connectivity index (χ0v) is 14.0. The molecule has 0 aliphatic heterocycles. The number of amides is 3. The van der Waals surface area contributed by atoms with E-state index < -0.39 is 6.04 Å². The summed E-state index contributed by atoms with van der Waals surface area (Å²) in [5.74, 6) is -0.907. The van der Waals surface area contributed by atoms with E-state index >= 15 is 0 Å². The van der Waals surface area contributed by atoms with Gasteiger partial charge in [0.25, 0.3) is 0 Å². The molecule has 0 bridgehead atoms. The number of aromatic nitrogens is 1. The lowest BCUT2D eigenvalue weighted by molar-refractivity contribution is -0.127. The van der Waals surface area contributed by atoms with Gasteiger partial charge in [0, 0.05) is 31.9 Å². The summed E-state index contributed by atoms with van der Waals surface area (Å²) in [6, 6.07) is 3.01. The number of hydrogen-bond acceptors (Lipinski definition) is 5. The smallest absolute Gasteiger partial charge is 0.239 e. The van der Waals surface area contributed by atoms with Crippen LogP contribution in [0, 0.1) is 5.92 Å². The van der Waals surface area contributed by atoms with Gasteiger partial charge in [0.1, 0.15) is 0 Å². The number of nitrogens with zero attached hydrogens (tertiary/aromatic N) is 1. The van der Waals surface area contributed by atoms with Crippen molar-refractivity contribution in [3.63, 3.8) is 0 Å². The van der Waals surface area contributed by atoms with Crippen molar-refractivity contribution < 1.29 is 14.4 Å². The Morgan fingerprint density at radius 3 is 2.54 bits per heavy atom. The van der Waals surface area contributed by atoms with Crippen LogP contribution < -0.4 is 21.7 Å². The van der Waals surface area contributed by atoms with Gasteiger partial charge in [-0.05, 0) is 17.5 Å². The fraction of sp³-hybridized carbons (Fsp3) is 0.500. The Morgan fingerprint density at radius 1 is 1.17 bits per heavy atom. The van der Waals surface area contributed by atoms with Crippen LogP contribution in [0.5, 0.6) is 0 Å². The molecule has 1 rings (SSSR count). The van der Waals surface area contributed by atoms with Crippen LogP contribution in [0.1, 0.15) is 25.8 Å². The predicted molar refractivity (Wildman–Crippen MR) is 89.5 cm³/mol. The second kappa shape index (κ2) is 10.3. The first-order valence-corrected chi connectivity index (χ1v) is 7.85. The van der Waals surface area contributed by atoms with Crippen molar-refractivity contribution in [2.45, 2.75) is 32.9 Å². The van der Waals surface area contributed by atoms with Crippen LogP contribution in [0.25, 0.3) is 0 Å². The third kappa shape index (κ3) is 7.68. The lowest BCUT2D eigenvalue weighted by Gasteiger charge is -2.15. The highest BCUT2D eigenvalue weighted by Gasteiger charge is 2.17. The molecule has 1 heterocycles. The highest BCUT2D eigenvalue weighted by Crippen LogP contribution is 1.97. The molecule has 0 spiro atoms. The third-order valence-electron chi connectivity index (χ3n) is 3.33. The molecule has 8 nitrogen and oxygen atoms in total. The summed E-state index contributed by atoms with van der Waals surface area (Å²) in [7, 11) is 0. The SMILES string of the molecule is CC(C)[C@H](N)C(=O)NCC(=O)NCCC(=O)NCc1cccnc1. The van der Waals surface area contributed by atoms with Crippen LogP contribution in [0.2, 0.25) is 0 Å². The average molecular weight is 335 g/mol. The maximum Gasteiger partial charge on any atom is 0.239 e. The zero-order valence-electron chi connectivity index (χ0n) is 14.0. The fourth-order valence-corrected chi connectivity index (χ4v) is 1.76. The Hall–Kier alpha value is -2.48. The zero-order chi connectivity index (χ0) is 17.9. The molecule has 132 valence electrons. The predicted octanol–water partition coefficient (Wildman–Crippen LogP) is -0.696. The van der Waals surface area contributed by atoms with Crippen LogP contribution in [-0.4, -0.2) is 41.8 Å². The molecule has 0 saturated heterocycles. The van der Waals surface area contributed by atoms with Crippen molar-refractivity contribution in [3.8, 4) is 0 Å². The molecule has 1 atom stereocenters. The number of nitrogens with two attached hydrogens (primary N) is 1. The molecule has 0 aliphatic carbocycles. The van der Waals surface area contributed by atoms with Crippen molar-refractivity contribution in [1.82, 2.24) is 20.9 Å². The van der Waals surface area contributed by atoms with E-state index in [0.717, 1.165) is 5.56 Å². The minimum atomic E-state index is -0.643. The molecule has 8 heteroatoms. The molecule has 0 saturated carbocycles. The van der Waals surface area contributed by atoms with Crippen LogP contribution >= 0.6 is 0 Å². The van der Waals surface area contributed by atoms with Crippen molar-refractivity contribution in [2.75, 3.05) is 13.1 Å². The van der Waals surface area contributed by atoms with Crippen molar-refractivity contribution in [3.05, 3.63) is 30.1 Å². The summed E-state index contributed by atoms with van der Waals surface area (Å²) in [5, 5.41) is 7.77. The molecule has 0 radical (unpaired) electrons. The summed E-state index contributed by atoms with van der Waals surface area (Å²) in [4.78, 5) is 38.8. The van der Waals surface area contributed by atoms with Gasteiger partial charge in [-0.25, -0.2) is 0 Å². The number of carbonyl (C=O) groups is 3. The Bertz CT molecular complexity index is 548. The van der Waals surface area contributed by atoms with Gasteiger partial charge < -0.3 is 21.7 Å². The first-order chi connectivity index (χ1) is 11.4. The van der Waals surface area contributed by atoms with E-state index in [-0.39, 0.29) is 43.1 Å². The van der Waals surface area contributed by atoms with E-state index in [1.54, 1.807) is 18.5 Å². The molecule has 0 unspecified atom stereocenters. The highest BCUT2D eigenvalue weighted by molar-refractivity contribution is 5.87. The number of carbonyl (C=O) groups excluding carboxylic acids is 3. The topological polar surface area (TPSA) is 126 Å². The minimum Gasteiger partial charge on any atom is -0.354 e. The normalized spacial score (nSPS) is 11.7. The lowest BCUT2D eigenvalue weighted by Crippen LogP contribution is -2.47. The van der Waals surface area contributed by atoms with Gasteiger partial charge in [-0.3, -0.25) is 19.4 Å². The van der Waals surface area contributed by atoms with Gasteiger partial charge in [-0.2, -0.15) is 0 Å². The number of pyridine rings is 1. The maximum absolute atomic E-state index is 11.7. The monoisotopic (exact) mass is 335 g/mol. The summed E-state index contributed by atoms with van der Waals surface area (Å²) < 4.78 is 0. The van der Waals surface area contributed by atoms with Gasteiger partial charge in [0.05, 0.1) is 12.6 Å². The second-order valence-electron chi connectivity index (χ2n) is 5.73. The number of hydrogen-bond donors (Lipinski definition) is 4. The Kier molecular flexibility index (Phi) is 8.42. The van der Waals surface area contributed by atoms with Crippen LogP contribution in [-0.2, 0) is 20.9 Å². The highest BCUT2D eigenvalue weighted by atomic mass is 16.2. The van der Waals surface area contributed by atoms with E-state index in [1.807, 2.05) is 19.9 Å². The molecular weight excluding hydrogens is 310 g/mol. The first kappa shape index (κ1) is 19.6. The van der Waals surface area contributed by atoms with E-state index in [4.69, 9.17) is 5.73 Å². The first-order valence-electron chi connectivity index (χ1n) is 7.85. The quantitative estimate of drug-likeness (QED) is 0.475. The minimum absolute atomic E-state index is 0.00317. The largest absolute Gasteiger partial charge is 0.354 e. The van der Waals surface area contributed by atoms with Gasteiger partial charge >= 0.3 is 0 Å². The molecule has 5 N–H and O–H groups in total. The lowest BCUT2D eigenvalue weighted by atomic mass is 10.1. The van der Waals surface area contributed by atoms with Gasteiger partial charge in [-0.15, -0.1) is 0 Å². The van der Waals surface area contributed by atoms with Crippen molar-refractivity contribution in [2.24, 2.45) is 11.7 Å². The Labute approximate surface area is 141 Å². The maximum atomic E-state index is 11.7. The van der Waals surface area contributed by atoms with Crippen LogP contribution in [0.15, 0.2) is 24.5 Å². The summed E-state index contributed by atoms with van der Waals surface area (Å²) in [5.41, 5.74) is 6.57. The molecule has 1 aromatic rings. The molecule has 0 aromatic carbocycles. The number of nitrogens with one attached hydrogen (secondary N) is 3. The van der Waals surface area contributed by atoms with E-state index in [2.05, 4.69) is 20.9 Å². The molecular formula is C16H25N5O3. The van der Waals surface area contributed by atoms with E-state index in [9.17, 15) is 14.4 Å². The third-order valence-corrected chi connectivity index (χ3v) is 3.33. The van der Waals surface area contributed by atoms with Gasteiger partial charge in [-0.1, -0.05) is 19.9 Å². The molecule has 0 fully saturated rings. The van der Waals surface area contributed by atoms with Gasteiger partial charge in [0.2, 0.25) is 17.7 Å². The van der Waals surface area contributed by atoms with Crippen molar-refractivity contribution in [1.29, 1.82) is 0 Å². The van der Waals surface area contributed by atoms with Crippen molar-refractivity contribution >= 4 is 17.7 Å². The standard InChI is InChI=1S/C16H25N5O3/c1-11(2)15(17)16(24)21-10-14(23)19-7-5-13(22)20-9-12-4-3-6-18-8-12/h3-4,6,8,11,15H,5,7,9-10,17H2,1-2H3,(H,19,23)(H,20,22)(H,21,24)/t15-/m0/s1. The molecule has 3 amide bonds. The van der Waals surface area contributed by atoms with Crippen LogP contribution in [0.3, 0.4) is 0 Å². The fourth-order valence-electron chi connectivity index (χ4n) is 1.76. The molecule has 0 aliphatic rings. The second-order valence-corrected chi connectivity index (χ2v) is 5.73. The molecule has 1 aromatic heterocycles.